The topological polar surface area (TPSA) is 152 Å². The summed E-state index contributed by atoms with van der Waals surface area (Å²) in [6.07, 6.45) is -8.12. The summed E-state index contributed by atoms with van der Waals surface area (Å²) < 4.78 is 41.9. The van der Waals surface area contributed by atoms with Crippen LogP contribution in [0.1, 0.15) is 27.7 Å². The van der Waals surface area contributed by atoms with E-state index in [0.717, 1.165) is 27.7 Å². The van der Waals surface area contributed by atoms with E-state index in [0.29, 0.717) is 0 Å². The lowest BCUT2D eigenvalue weighted by molar-refractivity contribution is -0.302. The molecule has 0 aromatic heterocycles. The Morgan fingerprint density at radius 3 is 1.50 bits per heavy atom. The van der Waals surface area contributed by atoms with E-state index < -0.39 is 67.6 Å². The summed E-state index contributed by atoms with van der Waals surface area (Å²) in [4.78, 5) is 48.0. The Balaban J connectivity index is 2.21. The zero-order valence-electron chi connectivity index (χ0n) is 21.2. The lowest BCUT2D eigenvalue weighted by Gasteiger charge is -2.46. The molecule has 2 aromatic rings. The van der Waals surface area contributed by atoms with E-state index in [1.165, 1.54) is 0 Å². The van der Waals surface area contributed by atoms with Gasteiger partial charge in [0.05, 0.1) is 0 Å². The second-order valence-corrected chi connectivity index (χ2v) is 11.4. The molecule has 1 aliphatic rings. The van der Waals surface area contributed by atoms with E-state index in [4.69, 9.17) is 23.7 Å². The van der Waals surface area contributed by atoms with E-state index >= 15 is 0 Å². The molecule has 1 fully saturated rings. The van der Waals surface area contributed by atoms with Crippen molar-refractivity contribution in [1.29, 1.82) is 0 Å². The van der Waals surface area contributed by atoms with E-state index in [2.05, 4.69) is 0 Å². The van der Waals surface area contributed by atoms with Crippen LogP contribution in [-0.4, -0.2) is 65.5 Å². The molecule has 12 heteroatoms. The van der Waals surface area contributed by atoms with E-state index in [1.54, 1.807) is 60.7 Å². The van der Waals surface area contributed by atoms with Gasteiger partial charge in [-0.15, -0.1) is 0 Å². The van der Waals surface area contributed by atoms with Gasteiger partial charge in [-0.05, 0) is 0 Å². The lowest BCUT2D eigenvalue weighted by atomic mass is 9.98. The first kappa shape index (κ1) is 29.0. The number of aliphatic hydroxyl groups is 1. The van der Waals surface area contributed by atoms with Crippen LogP contribution < -0.4 is 10.6 Å². The minimum absolute atomic E-state index is 0.263. The minimum Gasteiger partial charge on any atom is -0.456 e. The van der Waals surface area contributed by atoms with Crippen molar-refractivity contribution in [2.75, 3.05) is 0 Å². The summed E-state index contributed by atoms with van der Waals surface area (Å²) in [5.74, 6) is -5.29. The Hall–Kier alpha value is -3.53. The zero-order valence-corrected chi connectivity index (χ0v) is 22.1. The summed E-state index contributed by atoms with van der Waals surface area (Å²) in [6.45, 7) is 4.27. The van der Waals surface area contributed by atoms with Gasteiger partial charge >= 0.3 is 23.9 Å². The highest BCUT2D eigenvalue weighted by Gasteiger charge is 2.58. The highest BCUT2D eigenvalue weighted by atomic mass is 31.2. The third-order valence-corrected chi connectivity index (χ3v) is 8.83. The van der Waals surface area contributed by atoms with Gasteiger partial charge in [-0.25, -0.2) is 0 Å². The molecule has 2 aromatic carbocycles. The maximum atomic E-state index is 14.8. The molecule has 1 N–H and O–H groups in total. The van der Waals surface area contributed by atoms with Gasteiger partial charge in [0.15, 0.2) is 19.3 Å². The van der Waals surface area contributed by atoms with Crippen LogP contribution in [0.15, 0.2) is 60.7 Å². The van der Waals surface area contributed by atoms with Gasteiger partial charge in [-0.1, -0.05) is 60.7 Å². The van der Waals surface area contributed by atoms with Crippen LogP contribution in [-0.2, 0) is 47.4 Å². The molecule has 3 rings (SSSR count). The van der Waals surface area contributed by atoms with Crippen LogP contribution in [0, 0.1) is 0 Å². The van der Waals surface area contributed by atoms with Gasteiger partial charge in [0.1, 0.15) is 11.9 Å². The molecule has 1 unspecified atom stereocenters. The van der Waals surface area contributed by atoms with Crippen molar-refractivity contribution in [3.8, 4) is 0 Å². The summed E-state index contributed by atoms with van der Waals surface area (Å²) in [5.41, 5.74) is 0. The molecule has 11 nitrogen and oxygen atoms in total. The molecule has 204 valence electrons. The number of benzene rings is 2. The quantitative estimate of drug-likeness (QED) is 0.290. The Kier molecular flexibility index (Phi) is 9.43. The largest absolute Gasteiger partial charge is 0.456 e. The summed E-state index contributed by atoms with van der Waals surface area (Å²) in [5, 5.41) is 12.3. The first-order valence-corrected chi connectivity index (χ1v) is 13.5. The molecule has 0 amide bonds. The number of hydrogen-bond donors (Lipinski definition) is 1. The smallest absolute Gasteiger partial charge is 0.305 e. The third kappa shape index (κ3) is 6.48. The van der Waals surface area contributed by atoms with Crippen molar-refractivity contribution in [3.05, 3.63) is 60.7 Å². The minimum atomic E-state index is -3.98. The molecule has 0 radical (unpaired) electrons. The number of rotatable bonds is 8. The summed E-state index contributed by atoms with van der Waals surface area (Å²) in [6, 6.07) is 16.2. The Bertz CT molecular complexity index is 1160. The monoisotopic (exact) mass is 548 g/mol. The molecule has 1 aliphatic heterocycles. The lowest BCUT2D eigenvalue weighted by Crippen LogP contribution is -2.64. The molecule has 0 saturated carbocycles. The molecule has 0 bridgehead atoms. The Morgan fingerprint density at radius 1 is 0.684 bits per heavy atom. The van der Waals surface area contributed by atoms with E-state index in [-0.39, 0.29) is 10.6 Å². The number of ether oxygens (including phenoxy) is 5. The number of aliphatic hydroxyl groups excluding tert-OH is 1. The second-order valence-electron chi connectivity index (χ2n) is 8.54. The second kappa shape index (κ2) is 12.3. The van der Waals surface area contributed by atoms with Crippen molar-refractivity contribution >= 4 is 41.6 Å². The van der Waals surface area contributed by atoms with Crippen molar-refractivity contribution in [3.63, 3.8) is 0 Å². The van der Waals surface area contributed by atoms with Crippen molar-refractivity contribution < 1.29 is 52.5 Å². The van der Waals surface area contributed by atoms with E-state index in [1.807, 2.05) is 0 Å². The summed E-state index contributed by atoms with van der Waals surface area (Å²) >= 11 is 0. The fraction of sp³-hybridized carbons (Fsp3) is 0.385. The molecule has 6 atom stereocenters. The van der Waals surface area contributed by atoms with Crippen molar-refractivity contribution in [1.82, 2.24) is 0 Å². The van der Waals surface area contributed by atoms with Gasteiger partial charge in [-0.3, -0.25) is 19.2 Å². The number of hydrogen-bond acceptors (Lipinski definition) is 11. The predicted octanol–water partition coefficient (Wildman–Crippen LogP) is 1.40. The van der Waals surface area contributed by atoms with Crippen LogP contribution in [0.4, 0.5) is 0 Å². The first-order valence-electron chi connectivity index (χ1n) is 11.7. The predicted molar refractivity (Wildman–Crippen MR) is 133 cm³/mol. The third-order valence-electron chi connectivity index (χ3n) is 5.67. The maximum Gasteiger partial charge on any atom is 0.305 e. The molecule has 0 aliphatic carbocycles. The van der Waals surface area contributed by atoms with Gasteiger partial charge in [0.2, 0.25) is 12.4 Å². The van der Waals surface area contributed by atoms with Gasteiger partial charge in [0.25, 0.3) is 0 Å². The van der Waals surface area contributed by atoms with Crippen LogP contribution in [0.2, 0.25) is 0 Å². The highest BCUT2D eigenvalue weighted by Crippen LogP contribution is 2.51. The zero-order chi connectivity index (χ0) is 28.0. The molecule has 1 heterocycles. The first-order chi connectivity index (χ1) is 17.9. The number of carbonyl (C=O) groups excluding carboxylic acids is 4. The van der Waals surface area contributed by atoms with Crippen LogP contribution >= 0.6 is 7.14 Å². The summed E-state index contributed by atoms with van der Waals surface area (Å²) in [7, 11) is -3.98. The number of esters is 4. The average Bonchev–Trinajstić information content (AvgIpc) is 2.86. The van der Waals surface area contributed by atoms with Gasteiger partial charge < -0.3 is 33.4 Å². The normalized spacial score (nSPS) is 24.0. The van der Waals surface area contributed by atoms with Crippen LogP contribution in [0.3, 0.4) is 0 Å². The standard InChI is InChI=1S/C26H29O11P/c1-15(27)33-21-22(34-16(2)28)24(35-17(3)29)26(36-18(4)30)37-23(21)25(31)38(32,19-11-7-5-8-12-19)20-13-9-6-10-14-20/h5-14,21-26,31H,1-4H3/t21-,22-,23-,24-,25?,26+/m0/s1. The van der Waals surface area contributed by atoms with Crippen LogP contribution in [0.5, 0.6) is 0 Å². The van der Waals surface area contributed by atoms with Gasteiger partial charge in [0, 0.05) is 38.3 Å². The fourth-order valence-corrected chi connectivity index (χ4v) is 7.06. The van der Waals surface area contributed by atoms with Crippen molar-refractivity contribution in [2.45, 2.75) is 64.2 Å². The SMILES string of the molecule is CC(=O)O[C@@H]1O[C@H](C(O)P(=O)(c2ccccc2)c2ccccc2)[C@@H](OC(C)=O)[C@H](OC(C)=O)[C@@H]1OC(C)=O. The molecular weight excluding hydrogens is 519 g/mol. The number of carbonyl (C=O) groups is 4. The molecule has 38 heavy (non-hydrogen) atoms. The van der Waals surface area contributed by atoms with Crippen molar-refractivity contribution in [2.24, 2.45) is 0 Å². The highest BCUT2D eigenvalue weighted by molar-refractivity contribution is 7.79. The van der Waals surface area contributed by atoms with Gasteiger partial charge in [-0.2, -0.15) is 0 Å². The van der Waals surface area contributed by atoms with Crippen LogP contribution in [0.25, 0.3) is 0 Å². The molecular formula is C26H29O11P. The molecule has 0 spiro atoms. The maximum absolute atomic E-state index is 14.8. The fourth-order valence-electron chi connectivity index (χ4n) is 4.26. The average molecular weight is 548 g/mol. The Morgan fingerprint density at radius 2 is 1.08 bits per heavy atom. The molecule has 1 saturated heterocycles. The van der Waals surface area contributed by atoms with E-state index in [9.17, 15) is 28.8 Å². The Labute approximate surface area is 219 Å².